The van der Waals surface area contributed by atoms with Crippen molar-refractivity contribution in [2.24, 2.45) is 0 Å². The first kappa shape index (κ1) is 39.4. The molecule has 3 aliphatic heterocycles. The van der Waals surface area contributed by atoms with Crippen molar-refractivity contribution in [1.29, 1.82) is 0 Å². The molecule has 1 aliphatic carbocycles. The molecule has 0 bridgehead atoms. The van der Waals surface area contributed by atoms with E-state index < -0.39 is 0 Å². The van der Waals surface area contributed by atoms with Gasteiger partial charge in [0.05, 0.1) is 11.2 Å². The molecule has 5 heterocycles. The summed E-state index contributed by atoms with van der Waals surface area (Å²) in [6.07, 6.45) is 4.84. The average Bonchev–Trinajstić information content (AvgIpc) is 3.97. The topological polar surface area (TPSA) is 22.9 Å². The van der Waals surface area contributed by atoms with Crippen LogP contribution in [0, 0.1) is 6.92 Å². The number of hydrogen-bond acceptors (Lipinski definition) is 5. The first-order valence-electron chi connectivity index (χ1n) is 24.2. The maximum Gasteiger partial charge on any atom is 0.252 e. The summed E-state index contributed by atoms with van der Waals surface area (Å²) in [4.78, 5) is 7.88. The lowest BCUT2D eigenvalue weighted by molar-refractivity contribution is 0.195. The molecule has 8 aromatic carbocycles. The molecule has 1 saturated carbocycles. The molecule has 1 fully saturated rings. The zero-order valence-electron chi connectivity index (χ0n) is 39.1. The maximum absolute atomic E-state index is 6.98. The fourth-order valence-electron chi connectivity index (χ4n) is 13.1. The molecule has 4 nitrogen and oxygen atoms in total. The van der Waals surface area contributed by atoms with Crippen LogP contribution >= 0.6 is 11.3 Å². The molecule has 0 spiro atoms. The van der Waals surface area contributed by atoms with E-state index in [1.807, 2.05) is 11.3 Å². The molecular formula is C61H52BN3OS. The highest BCUT2D eigenvalue weighted by atomic mass is 32.1. The van der Waals surface area contributed by atoms with Crippen LogP contribution in [0.4, 0.5) is 45.5 Å². The molecule has 10 aromatic rings. The number of aryl methyl sites for hydroxylation is 1. The number of nitrogens with zero attached hydrogens (tertiary/aromatic N) is 3. The molecule has 67 heavy (non-hydrogen) atoms. The molecule has 6 heteroatoms. The predicted molar refractivity (Wildman–Crippen MR) is 287 cm³/mol. The number of thiophene rings is 1. The van der Waals surface area contributed by atoms with Gasteiger partial charge in [-0.15, -0.1) is 11.3 Å². The Morgan fingerprint density at radius 2 is 1.27 bits per heavy atom. The van der Waals surface area contributed by atoms with Gasteiger partial charge >= 0.3 is 0 Å². The second-order valence-electron chi connectivity index (χ2n) is 21.3. The van der Waals surface area contributed by atoms with Crippen LogP contribution in [0.2, 0.25) is 0 Å². The van der Waals surface area contributed by atoms with Gasteiger partial charge in [-0.25, -0.2) is 0 Å². The molecule has 0 radical (unpaired) electrons. The normalized spacial score (nSPS) is 19.6. The average molecular weight is 886 g/mol. The number of anilines is 8. The highest BCUT2D eigenvalue weighted by Crippen LogP contribution is 2.61. The molecule has 4 aliphatic rings. The van der Waals surface area contributed by atoms with E-state index in [-0.39, 0.29) is 23.1 Å². The van der Waals surface area contributed by atoms with E-state index in [1.165, 1.54) is 112 Å². The molecular weight excluding hydrogens is 834 g/mol. The van der Waals surface area contributed by atoms with Crippen molar-refractivity contribution in [2.75, 3.05) is 14.7 Å². The lowest BCUT2D eigenvalue weighted by Crippen LogP contribution is -2.61. The third-order valence-corrected chi connectivity index (χ3v) is 17.7. The number of hydrogen-bond donors (Lipinski definition) is 0. The van der Waals surface area contributed by atoms with E-state index >= 15 is 0 Å². The van der Waals surface area contributed by atoms with Gasteiger partial charge in [0.15, 0.2) is 5.58 Å². The highest BCUT2D eigenvalue weighted by molar-refractivity contribution is 7.25. The van der Waals surface area contributed by atoms with E-state index in [0.717, 1.165) is 34.0 Å². The summed E-state index contributed by atoms with van der Waals surface area (Å²) in [5.74, 6) is 0. The van der Waals surface area contributed by atoms with Gasteiger partial charge in [0.2, 0.25) is 0 Å². The van der Waals surface area contributed by atoms with Crippen molar-refractivity contribution < 1.29 is 4.42 Å². The number of para-hydroxylation sites is 3. The van der Waals surface area contributed by atoms with E-state index in [2.05, 4.69) is 214 Å². The standard InChI is InChI=1S/C61H52BN3OS/c1-37-32-52-57-53(33-37)64(50-21-15-18-43-41-16-7-11-22-54(41)66-58(43)50)51-36-40(65-48-20-10-9-19-45(48)60(5)30-13-14-31-61(60,65)6)25-27-46(51)62(57)47-34-38(59(2,3)4)24-28-49(47)63(52)39-26-29-56-44(35-39)42-17-8-12-23-55(42)67-56/h7-12,15-29,32-36H,13-14,30-31H2,1-6H3. The first-order valence-corrected chi connectivity index (χ1v) is 25.1. The summed E-state index contributed by atoms with van der Waals surface area (Å²) in [5.41, 5.74) is 19.5. The van der Waals surface area contributed by atoms with Gasteiger partial charge < -0.3 is 19.1 Å². The van der Waals surface area contributed by atoms with Crippen molar-refractivity contribution in [3.8, 4) is 0 Å². The van der Waals surface area contributed by atoms with Gasteiger partial charge in [-0.1, -0.05) is 125 Å². The fourth-order valence-corrected chi connectivity index (χ4v) is 14.2. The summed E-state index contributed by atoms with van der Waals surface area (Å²) < 4.78 is 9.61. The quantitative estimate of drug-likeness (QED) is 0.165. The number of rotatable bonds is 3. The monoisotopic (exact) mass is 885 g/mol. The second kappa shape index (κ2) is 13.7. The zero-order valence-corrected chi connectivity index (χ0v) is 39.9. The Morgan fingerprint density at radius 1 is 0.552 bits per heavy atom. The minimum absolute atomic E-state index is 0.0126. The summed E-state index contributed by atoms with van der Waals surface area (Å²) >= 11 is 1.88. The molecule has 0 amide bonds. The van der Waals surface area contributed by atoms with Gasteiger partial charge in [0.1, 0.15) is 5.58 Å². The van der Waals surface area contributed by atoms with Gasteiger partial charge in [0, 0.05) is 76.2 Å². The third-order valence-electron chi connectivity index (χ3n) is 16.6. The van der Waals surface area contributed by atoms with Crippen LogP contribution in [0.25, 0.3) is 42.1 Å². The smallest absolute Gasteiger partial charge is 0.252 e. The fraction of sp³-hybridized carbons (Fsp3) is 0.213. The van der Waals surface area contributed by atoms with E-state index in [1.54, 1.807) is 0 Å². The van der Waals surface area contributed by atoms with Gasteiger partial charge in [-0.3, -0.25) is 0 Å². The Kier molecular flexibility index (Phi) is 8.04. The molecule has 0 N–H and O–H groups in total. The molecule has 0 saturated heterocycles. The molecule has 2 atom stereocenters. The van der Waals surface area contributed by atoms with Crippen molar-refractivity contribution in [3.05, 3.63) is 174 Å². The number of fused-ring (bicyclic) bond motifs is 13. The van der Waals surface area contributed by atoms with Crippen molar-refractivity contribution >= 4 is 122 Å². The molecule has 326 valence electrons. The summed E-state index contributed by atoms with van der Waals surface area (Å²) in [6, 6.07) is 60.2. The van der Waals surface area contributed by atoms with E-state index in [4.69, 9.17) is 4.42 Å². The largest absolute Gasteiger partial charge is 0.454 e. The van der Waals surface area contributed by atoms with Crippen LogP contribution in [0.15, 0.2) is 162 Å². The SMILES string of the molecule is Cc1cc2c3c(c1)N(c1cccc4c1oc1ccccc14)c1cc(N4c5ccccc5C5(C)CCCCC45C)ccc1B3c1cc(C(C)(C)C)ccc1N2c1ccc2sc3ccccc3c2c1. The van der Waals surface area contributed by atoms with Crippen molar-refractivity contribution in [2.45, 2.75) is 83.6 Å². The Balaban J connectivity index is 1.07. The van der Waals surface area contributed by atoms with Crippen LogP contribution in [0.5, 0.6) is 0 Å². The zero-order chi connectivity index (χ0) is 45.1. The van der Waals surface area contributed by atoms with Crippen LogP contribution in [-0.2, 0) is 10.8 Å². The Bertz CT molecular complexity index is 3750. The van der Waals surface area contributed by atoms with E-state index in [0.29, 0.717) is 0 Å². The molecule has 2 unspecified atom stereocenters. The van der Waals surface area contributed by atoms with Crippen LogP contribution in [0.1, 0.15) is 77.0 Å². The lowest BCUT2D eigenvalue weighted by atomic mass is 9.33. The Labute approximate surface area is 397 Å². The highest BCUT2D eigenvalue weighted by Gasteiger charge is 2.58. The summed E-state index contributed by atoms with van der Waals surface area (Å²) in [6.45, 7) is 14.4. The van der Waals surface area contributed by atoms with Gasteiger partial charge in [0.25, 0.3) is 6.71 Å². The minimum Gasteiger partial charge on any atom is -0.454 e. The first-order chi connectivity index (χ1) is 32.5. The minimum atomic E-state index is -0.0719. The van der Waals surface area contributed by atoms with Crippen LogP contribution < -0.4 is 31.1 Å². The van der Waals surface area contributed by atoms with Gasteiger partial charge in [-0.2, -0.15) is 0 Å². The van der Waals surface area contributed by atoms with E-state index in [9.17, 15) is 0 Å². The van der Waals surface area contributed by atoms with Gasteiger partial charge in [-0.05, 0) is 138 Å². The Morgan fingerprint density at radius 3 is 2.13 bits per heavy atom. The maximum atomic E-state index is 6.98. The van der Waals surface area contributed by atoms with Crippen LogP contribution in [-0.4, -0.2) is 12.3 Å². The summed E-state index contributed by atoms with van der Waals surface area (Å²) in [7, 11) is 0. The summed E-state index contributed by atoms with van der Waals surface area (Å²) in [5, 5.41) is 4.88. The molecule has 14 rings (SSSR count). The Hall–Kier alpha value is -6.76. The number of furan rings is 1. The number of benzene rings is 8. The van der Waals surface area contributed by atoms with Crippen molar-refractivity contribution in [3.63, 3.8) is 0 Å². The third kappa shape index (κ3) is 5.31. The molecule has 2 aromatic heterocycles. The lowest BCUT2D eigenvalue weighted by Gasteiger charge is -2.50. The van der Waals surface area contributed by atoms with Crippen molar-refractivity contribution in [1.82, 2.24) is 0 Å². The predicted octanol–water partition coefficient (Wildman–Crippen LogP) is 15.4. The van der Waals surface area contributed by atoms with Crippen LogP contribution in [0.3, 0.4) is 0 Å². The second-order valence-corrected chi connectivity index (χ2v) is 22.4.